The minimum Gasteiger partial charge on any atom is -0.444 e. The van der Waals surface area contributed by atoms with Gasteiger partial charge in [-0.25, -0.2) is 0 Å². The van der Waals surface area contributed by atoms with E-state index < -0.39 is 0 Å². The van der Waals surface area contributed by atoms with Gasteiger partial charge in [0.25, 0.3) is 0 Å². The van der Waals surface area contributed by atoms with Crippen LogP contribution in [0.1, 0.15) is 17.2 Å². The molecule has 1 aromatic rings. The number of aromatic nitrogens is 2. The van der Waals surface area contributed by atoms with Gasteiger partial charge >= 0.3 is 0 Å². The molecule has 0 saturated heterocycles. The fourth-order valence-electron chi connectivity index (χ4n) is 0.672. The Morgan fingerprint density at radius 2 is 1.78 bits per heavy atom. The van der Waals surface area contributed by atoms with E-state index >= 15 is 0 Å². The number of rotatable bonds is 0. The summed E-state index contributed by atoms with van der Waals surface area (Å²) in [7, 11) is 0. The molecule has 0 bridgehead atoms. The Labute approximate surface area is 65.6 Å². The van der Waals surface area contributed by atoms with Crippen molar-refractivity contribution in [3.63, 3.8) is 0 Å². The molecule has 2 nitrogen and oxygen atoms in total. The van der Waals surface area contributed by atoms with Crippen molar-refractivity contribution in [3.05, 3.63) is 17.2 Å². The first-order valence-corrected chi connectivity index (χ1v) is 2.64. The molecule has 1 aromatic heterocycles. The van der Waals surface area contributed by atoms with Crippen molar-refractivity contribution in [2.45, 2.75) is 20.8 Å². The number of aryl methyl sites for hydroxylation is 3. The maximum atomic E-state index is 4.10. The molecule has 9 heavy (non-hydrogen) atoms. The Hall–Kier alpha value is -0.271. The summed E-state index contributed by atoms with van der Waals surface area (Å²) in [5.41, 5.74) is 2.09. The van der Waals surface area contributed by atoms with E-state index in [0.29, 0.717) is 0 Å². The van der Waals surface area contributed by atoms with Gasteiger partial charge in [0, 0.05) is 17.1 Å². The summed E-state index contributed by atoms with van der Waals surface area (Å²) >= 11 is 0. The van der Waals surface area contributed by atoms with Gasteiger partial charge in [-0.2, -0.15) is 0 Å². The number of nitrogens with zero attached hydrogens (tertiary/aromatic N) is 2. The van der Waals surface area contributed by atoms with E-state index in [4.69, 9.17) is 0 Å². The molecule has 1 heterocycles. The second kappa shape index (κ2) is 3.04. The molecule has 0 spiro atoms. The van der Waals surface area contributed by atoms with Crippen LogP contribution in [0.4, 0.5) is 0 Å². The molecule has 0 aliphatic heterocycles. The average Bonchev–Trinajstić information content (AvgIpc) is 1.85. The largest absolute Gasteiger partial charge is 0.444 e. The topological polar surface area (TPSA) is 27.0 Å². The number of imidazole rings is 1. The van der Waals surface area contributed by atoms with Crippen molar-refractivity contribution in [1.82, 2.24) is 9.97 Å². The van der Waals surface area contributed by atoms with Crippen LogP contribution >= 0.6 is 0 Å². The molecule has 0 unspecified atom stereocenters. The van der Waals surface area contributed by atoms with Crippen LogP contribution in [0.25, 0.3) is 0 Å². The van der Waals surface area contributed by atoms with Gasteiger partial charge in [-0.3, -0.25) is 0 Å². The second-order valence-electron chi connectivity index (χ2n) is 1.94. The quantitative estimate of drug-likeness (QED) is 0.535. The maximum Gasteiger partial charge on any atom is 0 e. The molecule has 0 saturated carbocycles. The summed E-state index contributed by atoms with van der Waals surface area (Å²) in [6, 6.07) is 0. The zero-order valence-electron chi connectivity index (χ0n) is 5.75. The van der Waals surface area contributed by atoms with Gasteiger partial charge in [-0.15, -0.1) is 0 Å². The van der Waals surface area contributed by atoms with Crippen LogP contribution in [0.2, 0.25) is 0 Å². The maximum absolute atomic E-state index is 4.10. The third-order valence-electron chi connectivity index (χ3n) is 1.18. The molecular weight excluding hydrogens is 156 g/mol. The van der Waals surface area contributed by atoms with Gasteiger partial charge in [0.1, 0.15) is 0 Å². The summed E-state index contributed by atoms with van der Waals surface area (Å²) in [5, 5.41) is 0. The van der Waals surface area contributed by atoms with E-state index in [-0.39, 0.29) is 17.1 Å². The van der Waals surface area contributed by atoms with Gasteiger partial charge in [0.15, 0.2) is 0 Å². The normalized spacial score (nSPS) is 8.78. The summed E-state index contributed by atoms with van der Waals surface area (Å²) in [6.45, 7) is 5.84. The van der Waals surface area contributed by atoms with E-state index in [9.17, 15) is 0 Å². The smallest absolute Gasteiger partial charge is 0 e. The molecule has 0 atom stereocenters. The molecule has 0 aromatic carbocycles. The first kappa shape index (κ1) is 8.73. The third kappa shape index (κ3) is 1.84. The van der Waals surface area contributed by atoms with E-state index in [0.717, 1.165) is 17.2 Å². The standard InChI is InChI=1S/C6H9N2.Fe/c1-4-5(2)8-6(3)7-4;/h1-3H3;/q-1;. The number of hydrogen-bond acceptors (Lipinski definition) is 1. The van der Waals surface area contributed by atoms with Crippen LogP contribution < -0.4 is 4.98 Å². The predicted molar refractivity (Wildman–Crippen MR) is 31.8 cm³/mol. The fraction of sp³-hybridized carbons (Fsp3) is 0.500. The molecule has 0 radical (unpaired) electrons. The van der Waals surface area contributed by atoms with Crippen molar-refractivity contribution in [1.29, 1.82) is 0 Å². The first-order valence-electron chi connectivity index (χ1n) is 2.64. The molecule has 1 rings (SSSR count). The molecule has 0 amide bonds. The van der Waals surface area contributed by atoms with Gasteiger partial charge in [-0.1, -0.05) is 17.2 Å². The van der Waals surface area contributed by atoms with Crippen LogP contribution in [0, 0.1) is 20.8 Å². The summed E-state index contributed by atoms with van der Waals surface area (Å²) in [5.74, 6) is 0.875. The van der Waals surface area contributed by atoms with E-state index in [1.807, 2.05) is 20.8 Å². The Morgan fingerprint density at radius 3 is 1.89 bits per heavy atom. The first-order chi connectivity index (χ1) is 3.70. The molecule has 0 N–H and O–H groups in total. The van der Waals surface area contributed by atoms with Crippen molar-refractivity contribution in [2.24, 2.45) is 0 Å². The molecule has 0 aliphatic rings. The van der Waals surface area contributed by atoms with Crippen molar-refractivity contribution >= 4 is 0 Å². The third-order valence-corrected chi connectivity index (χ3v) is 1.18. The van der Waals surface area contributed by atoms with Crippen LogP contribution in [0.3, 0.4) is 0 Å². The fourth-order valence-corrected chi connectivity index (χ4v) is 0.672. The second-order valence-corrected chi connectivity index (χ2v) is 1.94. The van der Waals surface area contributed by atoms with Crippen LogP contribution in [0.5, 0.6) is 0 Å². The predicted octanol–water partition coefficient (Wildman–Crippen LogP) is 0.962. The van der Waals surface area contributed by atoms with Gasteiger partial charge in [0.2, 0.25) is 0 Å². The van der Waals surface area contributed by atoms with Crippen LogP contribution in [-0.4, -0.2) is 4.98 Å². The summed E-state index contributed by atoms with van der Waals surface area (Å²) in [6.07, 6.45) is 0. The monoisotopic (exact) mass is 165 g/mol. The Bertz CT molecular complexity index is 173. The SMILES string of the molecule is Cc1nc(C)c(C)[n-]1.[Fe]. The van der Waals surface area contributed by atoms with Crippen LogP contribution in [-0.2, 0) is 17.1 Å². The minimum atomic E-state index is 0. The average molecular weight is 165 g/mol. The van der Waals surface area contributed by atoms with E-state index in [2.05, 4.69) is 9.97 Å². The summed E-state index contributed by atoms with van der Waals surface area (Å²) < 4.78 is 0. The molecule has 0 fully saturated rings. The zero-order chi connectivity index (χ0) is 6.15. The van der Waals surface area contributed by atoms with Gasteiger partial charge in [0.05, 0.1) is 0 Å². The van der Waals surface area contributed by atoms with E-state index in [1.165, 1.54) is 0 Å². The molecule has 52 valence electrons. The molecular formula is C6H9FeN2-. The Kier molecular flexibility index (Phi) is 2.95. The zero-order valence-corrected chi connectivity index (χ0v) is 6.85. The van der Waals surface area contributed by atoms with Crippen LogP contribution in [0.15, 0.2) is 0 Å². The number of hydrogen-bond donors (Lipinski definition) is 0. The summed E-state index contributed by atoms with van der Waals surface area (Å²) in [4.78, 5) is 8.20. The van der Waals surface area contributed by atoms with Crippen molar-refractivity contribution in [3.8, 4) is 0 Å². The molecule has 0 aliphatic carbocycles. The van der Waals surface area contributed by atoms with Gasteiger partial charge in [-0.05, 0) is 20.8 Å². The van der Waals surface area contributed by atoms with Crippen molar-refractivity contribution in [2.75, 3.05) is 0 Å². The molecule has 3 heteroatoms. The Balaban J connectivity index is 0.000000640. The minimum absolute atomic E-state index is 0. The Morgan fingerprint density at radius 1 is 1.22 bits per heavy atom. The van der Waals surface area contributed by atoms with E-state index in [1.54, 1.807) is 0 Å². The van der Waals surface area contributed by atoms with Gasteiger partial charge < -0.3 is 9.97 Å². The van der Waals surface area contributed by atoms with Crippen molar-refractivity contribution < 1.29 is 17.1 Å².